The Hall–Kier alpha value is -5.61. The average molecular weight is 793 g/mol. The zero-order valence-corrected chi connectivity index (χ0v) is 28.5. The molecule has 0 aliphatic rings. The summed E-state index contributed by atoms with van der Waals surface area (Å²) in [6.07, 6.45) is 5.45. The molecule has 48 heavy (non-hydrogen) atoms. The first-order valence-corrected chi connectivity index (χ1v) is 15.7. The molecular weight excluding hydrogens is 765 g/mol. The van der Waals surface area contributed by atoms with Crippen LogP contribution in [0.1, 0.15) is 5.56 Å². The van der Waals surface area contributed by atoms with Gasteiger partial charge in [-0.05, 0) is 47.5 Å². The SMILES string of the molecule is Cc1ccc(-c2[c-]cccc2)nc1.[Ir+3].[c-]1cc2c(cc1-n1[c-][n+](-c3ccccc3)c3ccccc31)c1cccc3c4ccccc4n2c13. The first-order chi connectivity index (χ1) is 23.2. The first kappa shape index (κ1) is 29.8. The minimum absolute atomic E-state index is 0. The third-order valence-corrected chi connectivity index (χ3v) is 8.85. The molecule has 0 radical (unpaired) electrons. The van der Waals surface area contributed by atoms with E-state index in [0.29, 0.717) is 0 Å². The number of aryl methyl sites for hydroxylation is 1. The smallest absolute Gasteiger partial charge is 0.363 e. The van der Waals surface area contributed by atoms with Crippen LogP contribution in [0.3, 0.4) is 0 Å². The van der Waals surface area contributed by atoms with E-state index in [9.17, 15) is 0 Å². The second kappa shape index (κ2) is 12.2. The van der Waals surface area contributed by atoms with E-state index in [4.69, 9.17) is 0 Å². The van der Waals surface area contributed by atoms with Crippen molar-refractivity contribution in [3.05, 3.63) is 176 Å². The largest absolute Gasteiger partial charge is 3.00 e. The van der Waals surface area contributed by atoms with Gasteiger partial charge in [0.1, 0.15) is 0 Å². The van der Waals surface area contributed by atoms with Gasteiger partial charge in [-0.3, -0.25) is 4.57 Å². The maximum Gasteiger partial charge on any atom is 3.00 e. The van der Waals surface area contributed by atoms with E-state index in [0.717, 1.165) is 33.7 Å². The third kappa shape index (κ3) is 4.87. The Morgan fingerprint density at radius 3 is 2.15 bits per heavy atom. The standard InChI is InChI=1S/C31H18N3.C12H10N.Ir/c1-2-9-21(10-3-1)32-20-33(30-16-7-6-15-29(30)32)22-17-18-28-26(19-22)25-13-8-12-24-23-11-4-5-14-27(23)34(28)31(24)25;1-10-7-8-12(13-9-10)11-5-3-2-4-6-11;/h1-16,18-19H;2-5,7-9H,1H3;/q2*-1;+3. The third-order valence-electron chi connectivity index (χ3n) is 8.85. The number of nitrogens with zero attached hydrogens (tertiary/aromatic N) is 4. The van der Waals surface area contributed by atoms with Gasteiger partial charge in [-0.25, -0.2) is 0 Å². The van der Waals surface area contributed by atoms with Crippen LogP contribution in [0, 0.1) is 25.4 Å². The number of pyridine rings is 1. The van der Waals surface area contributed by atoms with Crippen LogP contribution in [-0.2, 0) is 20.1 Å². The van der Waals surface area contributed by atoms with Crippen LogP contribution in [0.15, 0.2) is 152 Å². The fourth-order valence-corrected chi connectivity index (χ4v) is 6.68. The number of rotatable bonds is 3. The molecule has 10 rings (SSSR count). The van der Waals surface area contributed by atoms with E-state index in [1.165, 1.54) is 43.7 Å². The monoisotopic (exact) mass is 793 g/mol. The van der Waals surface area contributed by atoms with Crippen LogP contribution in [0.2, 0.25) is 0 Å². The number of fused-ring (bicyclic) bond motifs is 7. The number of para-hydroxylation sites is 5. The van der Waals surface area contributed by atoms with Gasteiger partial charge in [-0.2, -0.15) is 12.1 Å². The van der Waals surface area contributed by atoms with Gasteiger partial charge < -0.3 is 14.0 Å². The van der Waals surface area contributed by atoms with Crippen molar-refractivity contribution < 1.29 is 24.7 Å². The normalized spacial score (nSPS) is 11.3. The van der Waals surface area contributed by atoms with E-state index >= 15 is 0 Å². The molecule has 0 amide bonds. The maximum absolute atomic E-state index is 4.32. The van der Waals surface area contributed by atoms with Crippen LogP contribution < -0.4 is 4.57 Å². The number of imidazole rings is 1. The Bertz CT molecular complexity index is 2670. The molecule has 4 aromatic heterocycles. The molecule has 0 saturated carbocycles. The maximum atomic E-state index is 4.32. The summed E-state index contributed by atoms with van der Waals surface area (Å²) in [5.41, 5.74) is 11.2. The van der Waals surface area contributed by atoms with Crippen LogP contribution in [-0.4, -0.2) is 14.0 Å². The Morgan fingerprint density at radius 2 is 1.35 bits per heavy atom. The van der Waals surface area contributed by atoms with Crippen LogP contribution in [0.4, 0.5) is 0 Å². The molecule has 0 fully saturated rings. The van der Waals surface area contributed by atoms with Gasteiger partial charge in [0.15, 0.2) is 0 Å². The molecule has 0 saturated heterocycles. The average Bonchev–Trinajstić information content (AvgIpc) is 3.80. The summed E-state index contributed by atoms with van der Waals surface area (Å²) in [5.74, 6) is 0. The molecule has 0 aliphatic carbocycles. The Kier molecular flexibility index (Phi) is 7.57. The van der Waals surface area contributed by atoms with Gasteiger partial charge in [-0.1, -0.05) is 96.5 Å². The van der Waals surface area contributed by atoms with Gasteiger partial charge in [0, 0.05) is 28.0 Å². The fourth-order valence-electron chi connectivity index (χ4n) is 6.68. The molecule has 0 bridgehead atoms. The summed E-state index contributed by atoms with van der Waals surface area (Å²) in [7, 11) is 0. The summed E-state index contributed by atoms with van der Waals surface area (Å²) in [6, 6.07) is 57.1. The van der Waals surface area contributed by atoms with Crippen molar-refractivity contribution in [1.29, 1.82) is 0 Å². The molecular formula is C43H28IrN4+. The molecule has 0 unspecified atom stereocenters. The molecule has 0 aliphatic heterocycles. The van der Waals surface area contributed by atoms with Gasteiger partial charge >= 0.3 is 20.1 Å². The molecule has 6 aromatic carbocycles. The second-order valence-electron chi connectivity index (χ2n) is 11.8. The number of benzene rings is 6. The van der Waals surface area contributed by atoms with E-state index < -0.39 is 0 Å². The molecule has 0 spiro atoms. The Morgan fingerprint density at radius 1 is 0.625 bits per heavy atom. The number of hydrogen-bond acceptors (Lipinski definition) is 1. The van der Waals surface area contributed by atoms with Crippen molar-refractivity contribution in [2.45, 2.75) is 6.92 Å². The van der Waals surface area contributed by atoms with E-state index in [1.807, 2.05) is 49.5 Å². The summed E-state index contributed by atoms with van der Waals surface area (Å²) < 4.78 is 6.62. The van der Waals surface area contributed by atoms with Crippen molar-refractivity contribution in [2.75, 3.05) is 0 Å². The Labute approximate surface area is 291 Å². The second-order valence-corrected chi connectivity index (χ2v) is 11.8. The molecule has 4 heterocycles. The van der Waals surface area contributed by atoms with Crippen molar-refractivity contribution in [2.24, 2.45) is 0 Å². The quantitative estimate of drug-likeness (QED) is 0.129. The molecule has 4 nitrogen and oxygen atoms in total. The molecule has 5 heteroatoms. The van der Waals surface area contributed by atoms with Crippen molar-refractivity contribution in [3.63, 3.8) is 0 Å². The summed E-state index contributed by atoms with van der Waals surface area (Å²) in [4.78, 5) is 4.32. The van der Waals surface area contributed by atoms with Gasteiger partial charge in [-0.15, -0.1) is 47.3 Å². The predicted molar refractivity (Wildman–Crippen MR) is 190 cm³/mol. The Balaban J connectivity index is 0.000000203. The van der Waals surface area contributed by atoms with Crippen LogP contribution >= 0.6 is 0 Å². The van der Waals surface area contributed by atoms with E-state index in [2.05, 4.69) is 146 Å². The van der Waals surface area contributed by atoms with E-state index in [-0.39, 0.29) is 20.1 Å². The zero-order valence-electron chi connectivity index (χ0n) is 26.1. The molecule has 10 aromatic rings. The van der Waals surface area contributed by atoms with Crippen LogP contribution in [0.5, 0.6) is 0 Å². The summed E-state index contributed by atoms with van der Waals surface area (Å²) in [5, 5.41) is 5.09. The van der Waals surface area contributed by atoms with Gasteiger partial charge in [0.25, 0.3) is 6.33 Å². The minimum Gasteiger partial charge on any atom is -0.363 e. The topological polar surface area (TPSA) is 26.1 Å². The molecule has 0 N–H and O–H groups in total. The van der Waals surface area contributed by atoms with Crippen molar-refractivity contribution >= 4 is 49.1 Å². The zero-order chi connectivity index (χ0) is 31.3. The first-order valence-electron chi connectivity index (χ1n) is 15.7. The number of hydrogen-bond donors (Lipinski definition) is 0. The summed E-state index contributed by atoms with van der Waals surface area (Å²) >= 11 is 0. The summed E-state index contributed by atoms with van der Waals surface area (Å²) in [6.45, 7) is 2.03. The van der Waals surface area contributed by atoms with Crippen molar-refractivity contribution in [1.82, 2.24) is 14.0 Å². The van der Waals surface area contributed by atoms with E-state index in [1.54, 1.807) is 0 Å². The minimum atomic E-state index is 0. The van der Waals surface area contributed by atoms with Gasteiger partial charge in [0.2, 0.25) is 0 Å². The predicted octanol–water partition coefficient (Wildman–Crippen LogP) is 9.51. The molecule has 0 atom stereocenters. The fraction of sp³-hybridized carbons (Fsp3) is 0.0233. The van der Waals surface area contributed by atoms with Gasteiger partial charge in [0.05, 0.1) is 16.7 Å². The van der Waals surface area contributed by atoms with Crippen LogP contribution in [0.25, 0.3) is 71.8 Å². The molecule has 228 valence electrons. The van der Waals surface area contributed by atoms with Crippen molar-refractivity contribution in [3.8, 4) is 22.6 Å². The number of aromatic nitrogens is 4.